The van der Waals surface area contributed by atoms with Crippen LogP contribution in [0, 0.1) is 0 Å². The summed E-state index contributed by atoms with van der Waals surface area (Å²) in [7, 11) is 0. The fourth-order valence-electron chi connectivity index (χ4n) is 2.09. The number of rotatable bonds is 5. The quantitative estimate of drug-likeness (QED) is 0.666. The van der Waals surface area contributed by atoms with E-state index in [0.717, 1.165) is 3.79 Å². The molecule has 5 nitrogen and oxygen atoms in total. The number of para-hydroxylation sites is 1. The number of thiophene rings is 1. The highest BCUT2D eigenvalue weighted by molar-refractivity contribution is 9.11. The fraction of sp³-hybridized carbons (Fsp3) is 0.0588. The van der Waals surface area contributed by atoms with Gasteiger partial charge in [-0.2, -0.15) is 0 Å². The third-order valence-corrected chi connectivity index (χ3v) is 4.84. The monoisotopic (exact) mass is 404 g/mol. The zero-order valence-electron chi connectivity index (χ0n) is 12.4. The van der Waals surface area contributed by atoms with Gasteiger partial charge in [0.15, 0.2) is 0 Å². The molecule has 0 saturated carbocycles. The van der Waals surface area contributed by atoms with Gasteiger partial charge in [0.2, 0.25) is 0 Å². The predicted molar refractivity (Wildman–Crippen MR) is 96.3 cm³/mol. The van der Waals surface area contributed by atoms with Crippen molar-refractivity contribution in [2.24, 2.45) is 0 Å². The Kier molecular flexibility index (Phi) is 5.12. The summed E-state index contributed by atoms with van der Waals surface area (Å²) in [5.74, 6) is 0.125. The van der Waals surface area contributed by atoms with E-state index in [1.807, 2.05) is 6.07 Å². The van der Waals surface area contributed by atoms with Crippen LogP contribution >= 0.6 is 27.3 Å². The van der Waals surface area contributed by atoms with Crippen molar-refractivity contribution < 1.29 is 14.0 Å². The van der Waals surface area contributed by atoms with Crippen molar-refractivity contribution in [2.75, 3.05) is 5.32 Å². The Balaban J connectivity index is 1.72. The molecule has 0 unspecified atom stereocenters. The number of furan rings is 1. The standard InChI is InChI=1S/C17H13BrN2O3S/c18-15-8-7-14(24-15)17(22)20-13-6-2-1-5-12(13)16(21)19-10-11-4-3-9-23-11/h1-9H,10H2,(H,19,21)(H,20,22). The molecule has 0 aliphatic heterocycles. The first kappa shape index (κ1) is 16.5. The molecule has 0 bridgehead atoms. The smallest absolute Gasteiger partial charge is 0.265 e. The zero-order chi connectivity index (χ0) is 16.9. The van der Waals surface area contributed by atoms with Gasteiger partial charge in [-0.3, -0.25) is 9.59 Å². The van der Waals surface area contributed by atoms with E-state index in [9.17, 15) is 9.59 Å². The molecular formula is C17H13BrN2O3S. The summed E-state index contributed by atoms with van der Waals surface area (Å²) in [6, 6.07) is 13.9. The molecule has 3 rings (SSSR count). The molecule has 0 radical (unpaired) electrons. The van der Waals surface area contributed by atoms with Crippen LogP contribution in [0.5, 0.6) is 0 Å². The molecule has 1 aromatic carbocycles. The van der Waals surface area contributed by atoms with Crippen molar-refractivity contribution in [1.82, 2.24) is 5.32 Å². The summed E-state index contributed by atoms with van der Waals surface area (Å²) < 4.78 is 6.06. The van der Waals surface area contributed by atoms with E-state index in [0.29, 0.717) is 21.9 Å². The number of benzene rings is 1. The third kappa shape index (κ3) is 3.93. The molecule has 2 N–H and O–H groups in total. The van der Waals surface area contributed by atoms with E-state index >= 15 is 0 Å². The number of amides is 2. The first-order valence-corrected chi connectivity index (χ1v) is 8.71. The summed E-state index contributed by atoms with van der Waals surface area (Å²) in [6.07, 6.45) is 1.55. The Bertz CT molecular complexity index is 858. The summed E-state index contributed by atoms with van der Waals surface area (Å²) >= 11 is 4.66. The number of carbonyl (C=O) groups excluding carboxylic acids is 2. The molecular weight excluding hydrogens is 392 g/mol. The van der Waals surface area contributed by atoms with Gasteiger partial charge in [-0.25, -0.2) is 0 Å². The van der Waals surface area contributed by atoms with Gasteiger partial charge >= 0.3 is 0 Å². The molecule has 0 saturated heterocycles. The van der Waals surface area contributed by atoms with Crippen LogP contribution in [0.2, 0.25) is 0 Å². The predicted octanol–water partition coefficient (Wildman–Crippen LogP) is 4.29. The van der Waals surface area contributed by atoms with Crippen LogP contribution in [0.4, 0.5) is 5.69 Å². The second-order valence-electron chi connectivity index (χ2n) is 4.87. The number of carbonyl (C=O) groups is 2. The van der Waals surface area contributed by atoms with Gasteiger partial charge < -0.3 is 15.1 Å². The maximum absolute atomic E-state index is 12.4. The van der Waals surface area contributed by atoms with Crippen LogP contribution in [0.15, 0.2) is 63.0 Å². The molecule has 2 amide bonds. The van der Waals surface area contributed by atoms with Crippen LogP contribution in [0.3, 0.4) is 0 Å². The molecule has 3 aromatic rings. The Morgan fingerprint density at radius 1 is 1.04 bits per heavy atom. The largest absolute Gasteiger partial charge is 0.467 e. The lowest BCUT2D eigenvalue weighted by Gasteiger charge is -2.10. The van der Waals surface area contributed by atoms with Crippen LogP contribution < -0.4 is 10.6 Å². The Morgan fingerprint density at radius 3 is 2.58 bits per heavy atom. The number of halogens is 1. The summed E-state index contributed by atoms with van der Waals surface area (Å²) in [5, 5.41) is 5.55. The topological polar surface area (TPSA) is 71.3 Å². The van der Waals surface area contributed by atoms with Crippen molar-refractivity contribution in [3.8, 4) is 0 Å². The normalized spacial score (nSPS) is 10.4. The maximum Gasteiger partial charge on any atom is 0.265 e. The average molecular weight is 405 g/mol. The molecule has 24 heavy (non-hydrogen) atoms. The highest BCUT2D eigenvalue weighted by atomic mass is 79.9. The van der Waals surface area contributed by atoms with Crippen molar-refractivity contribution >= 4 is 44.8 Å². The maximum atomic E-state index is 12.4. The van der Waals surface area contributed by atoms with Gasteiger partial charge in [-0.15, -0.1) is 11.3 Å². The highest BCUT2D eigenvalue weighted by Crippen LogP contribution is 2.24. The minimum Gasteiger partial charge on any atom is -0.467 e. The fourth-order valence-corrected chi connectivity index (χ4v) is 3.37. The molecule has 0 atom stereocenters. The van der Waals surface area contributed by atoms with Gasteiger partial charge in [0.1, 0.15) is 5.76 Å². The first-order valence-electron chi connectivity index (χ1n) is 7.10. The minimum absolute atomic E-state index is 0.253. The van der Waals surface area contributed by atoms with Crippen molar-refractivity contribution in [2.45, 2.75) is 6.54 Å². The SMILES string of the molecule is O=C(Nc1ccccc1C(=O)NCc1ccco1)c1ccc(Br)s1. The van der Waals surface area contributed by atoms with Gasteiger partial charge in [-0.1, -0.05) is 12.1 Å². The molecule has 2 heterocycles. The molecule has 0 aliphatic carbocycles. The van der Waals surface area contributed by atoms with Gasteiger partial charge in [0, 0.05) is 0 Å². The van der Waals surface area contributed by atoms with Crippen LogP contribution in [-0.2, 0) is 6.54 Å². The molecule has 122 valence electrons. The number of anilines is 1. The Labute approximate surface area is 150 Å². The molecule has 2 aromatic heterocycles. The number of nitrogens with one attached hydrogen (secondary N) is 2. The van der Waals surface area contributed by atoms with E-state index in [1.165, 1.54) is 11.3 Å². The van der Waals surface area contributed by atoms with Gasteiger partial charge in [0.25, 0.3) is 11.8 Å². The van der Waals surface area contributed by atoms with Crippen molar-refractivity contribution in [3.05, 3.63) is 74.8 Å². The summed E-state index contributed by atoms with van der Waals surface area (Å²) in [6.45, 7) is 0.284. The third-order valence-electron chi connectivity index (χ3n) is 3.22. The first-order chi connectivity index (χ1) is 11.6. The van der Waals surface area contributed by atoms with Gasteiger partial charge in [0.05, 0.1) is 32.7 Å². The van der Waals surface area contributed by atoms with Crippen LogP contribution in [0.25, 0.3) is 0 Å². The van der Waals surface area contributed by atoms with E-state index in [1.54, 1.807) is 48.7 Å². The van der Waals surface area contributed by atoms with Crippen LogP contribution in [-0.4, -0.2) is 11.8 Å². The van der Waals surface area contributed by atoms with E-state index in [-0.39, 0.29) is 18.4 Å². The van der Waals surface area contributed by atoms with Crippen LogP contribution in [0.1, 0.15) is 25.8 Å². The van der Waals surface area contributed by atoms with E-state index < -0.39 is 0 Å². The summed E-state index contributed by atoms with van der Waals surface area (Å²) in [5.41, 5.74) is 0.858. The lowest BCUT2D eigenvalue weighted by molar-refractivity contribution is 0.0949. The second-order valence-corrected chi connectivity index (χ2v) is 7.33. The summed E-state index contributed by atoms with van der Waals surface area (Å²) in [4.78, 5) is 25.2. The molecule has 0 aliphatic rings. The number of hydrogen-bond acceptors (Lipinski definition) is 4. The van der Waals surface area contributed by atoms with Crippen molar-refractivity contribution in [1.29, 1.82) is 0 Å². The minimum atomic E-state index is -0.283. The van der Waals surface area contributed by atoms with Gasteiger partial charge in [-0.05, 0) is 52.3 Å². The lowest BCUT2D eigenvalue weighted by Crippen LogP contribution is -2.24. The number of hydrogen-bond donors (Lipinski definition) is 2. The van der Waals surface area contributed by atoms with E-state index in [2.05, 4.69) is 26.6 Å². The molecule has 0 spiro atoms. The zero-order valence-corrected chi connectivity index (χ0v) is 14.8. The van der Waals surface area contributed by atoms with E-state index in [4.69, 9.17) is 4.42 Å². The lowest BCUT2D eigenvalue weighted by atomic mass is 10.1. The molecule has 7 heteroatoms. The molecule has 0 fully saturated rings. The average Bonchev–Trinajstić information content (AvgIpc) is 3.24. The van der Waals surface area contributed by atoms with Crippen molar-refractivity contribution in [3.63, 3.8) is 0 Å². The highest BCUT2D eigenvalue weighted by Gasteiger charge is 2.15. The second kappa shape index (κ2) is 7.46. The Hall–Kier alpha value is -2.38. The Morgan fingerprint density at radius 2 is 1.88 bits per heavy atom.